The number of carbonyl (C=O) groups is 2. The van der Waals surface area contributed by atoms with E-state index in [2.05, 4.69) is 15.6 Å². The Morgan fingerprint density at radius 2 is 1.62 bits per heavy atom. The maximum Gasteiger partial charge on any atom is 0.257 e. The highest BCUT2D eigenvalue weighted by Crippen LogP contribution is 2.09. The van der Waals surface area contributed by atoms with E-state index in [0.29, 0.717) is 16.8 Å². The predicted octanol–water partition coefficient (Wildman–Crippen LogP) is 2.47. The molecule has 21 heavy (non-hydrogen) atoms. The number of nitrogens with one attached hydrogen (secondary N) is 2. The molecule has 1 aromatic heterocycles. The maximum absolute atomic E-state index is 12.1. The smallest absolute Gasteiger partial charge is 0.257 e. The number of carbonyl (C=O) groups excluding carboxylic acids is 2. The van der Waals surface area contributed by atoms with Crippen molar-refractivity contribution in [2.75, 3.05) is 5.32 Å². The van der Waals surface area contributed by atoms with E-state index < -0.39 is 0 Å². The van der Waals surface area contributed by atoms with Crippen LogP contribution in [-0.4, -0.2) is 22.8 Å². The molecule has 2 N–H and O–H groups in total. The molecule has 2 amide bonds. The summed E-state index contributed by atoms with van der Waals surface area (Å²) in [6.45, 7) is 3.74. The van der Waals surface area contributed by atoms with Crippen molar-refractivity contribution < 1.29 is 9.59 Å². The Kier molecular flexibility index (Phi) is 4.66. The Labute approximate surface area is 123 Å². The van der Waals surface area contributed by atoms with Gasteiger partial charge in [-0.3, -0.25) is 14.6 Å². The zero-order valence-corrected chi connectivity index (χ0v) is 12.0. The fourth-order valence-electron chi connectivity index (χ4n) is 1.76. The fraction of sp³-hybridized carbons (Fsp3) is 0.188. The first kappa shape index (κ1) is 14.7. The summed E-state index contributed by atoms with van der Waals surface area (Å²) in [5.74, 6) is -0.542. The number of para-hydroxylation sites is 1. The second-order valence-corrected chi connectivity index (χ2v) is 4.91. The zero-order chi connectivity index (χ0) is 15.2. The van der Waals surface area contributed by atoms with E-state index in [1.807, 2.05) is 32.0 Å². The van der Waals surface area contributed by atoms with E-state index in [1.54, 1.807) is 12.1 Å². The van der Waals surface area contributed by atoms with Gasteiger partial charge in [0.25, 0.3) is 11.8 Å². The van der Waals surface area contributed by atoms with E-state index in [9.17, 15) is 9.59 Å². The second-order valence-electron chi connectivity index (χ2n) is 4.91. The van der Waals surface area contributed by atoms with E-state index in [0.717, 1.165) is 0 Å². The first-order valence-corrected chi connectivity index (χ1v) is 6.68. The van der Waals surface area contributed by atoms with Gasteiger partial charge in [-0.2, -0.15) is 0 Å². The molecule has 1 aromatic carbocycles. The summed E-state index contributed by atoms with van der Waals surface area (Å²) in [5.41, 5.74) is 1.40. The van der Waals surface area contributed by atoms with Crippen LogP contribution in [0.2, 0.25) is 0 Å². The minimum absolute atomic E-state index is 0.0271. The molecule has 0 saturated carbocycles. The van der Waals surface area contributed by atoms with Gasteiger partial charge < -0.3 is 10.6 Å². The van der Waals surface area contributed by atoms with E-state index in [4.69, 9.17) is 0 Å². The summed E-state index contributed by atoms with van der Waals surface area (Å²) < 4.78 is 0. The number of anilines is 1. The van der Waals surface area contributed by atoms with E-state index >= 15 is 0 Å². The van der Waals surface area contributed by atoms with Gasteiger partial charge in [0, 0.05) is 24.1 Å². The average molecular weight is 283 g/mol. The lowest BCUT2D eigenvalue weighted by Crippen LogP contribution is -2.30. The molecule has 0 saturated heterocycles. The number of rotatable bonds is 4. The number of pyridine rings is 1. The summed E-state index contributed by atoms with van der Waals surface area (Å²) in [7, 11) is 0. The van der Waals surface area contributed by atoms with Gasteiger partial charge in [0.15, 0.2) is 0 Å². The first-order valence-electron chi connectivity index (χ1n) is 6.68. The van der Waals surface area contributed by atoms with Crippen LogP contribution in [0.3, 0.4) is 0 Å². The molecular weight excluding hydrogens is 266 g/mol. The Balaban J connectivity index is 2.13. The van der Waals surface area contributed by atoms with Crippen LogP contribution in [0.1, 0.15) is 34.6 Å². The van der Waals surface area contributed by atoms with Crippen molar-refractivity contribution in [2.45, 2.75) is 19.9 Å². The number of hydrogen-bond donors (Lipinski definition) is 2. The molecule has 0 spiro atoms. The van der Waals surface area contributed by atoms with Gasteiger partial charge in [0.05, 0.1) is 11.1 Å². The molecule has 5 heteroatoms. The summed E-state index contributed by atoms with van der Waals surface area (Å²) in [6, 6.07) is 10.7. The van der Waals surface area contributed by atoms with E-state index in [1.165, 1.54) is 18.5 Å². The standard InChI is InChI=1S/C16H17N3O2/c1-11(2)18-15(20)12-8-13(10-17-9-12)16(21)19-14-6-4-3-5-7-14/h3-11H,1-2H3,(H,18,20)(H,19,21). The number of hydrogen-bond acceptors (Lipinski definition) is 3. The van der Waals surface area contributed by atoms with Crippen molar-refractivity contribution in [1.82, 2.24) is 10.3 Å². The molecule has 1 heterocycles. The summed E-state index contributed by atoms with van der Waals surface area (Å²) in [4.78, 5) is 28.0. The Bertz CT molecular complexity index is 639. The quantitative estimate of drug-likeness (QED) is 0.905. The minimum Gasteiger partial charge on any atom is -0.350 e. The molecule has 0 unspecified atom stereocenters. The normalized spacial score (nSPS) is 10.2. The second kappa shape index (κ2) is 6.65. The molecule has 2 rings (SSSR count). The molecule has 0 fully saturated rings. The summed E-state index contributed by atoms with van der Waals surface area (Å²) in [5, 5.41) is 5.52. The highest BCUT2D eigenvalue weighted by Gasteiger charge is 2.12. The first-order chi connectivity index (χ1) is 10.1. The largest absolute Gasteiger partial charge is 0.350 e. The van der Waals surface area contributed by atoms with Crippen molar-refractivity contribution in [3.05, 3.63) is 59.9 Å². The van der Waals surface area contributed by atoms with Crippen molar-refractivity contribution in [3.63, 3.8) is 0 Å². The topological polar surface area (TPSA) is 71.1 Å². The monoisotopic (exact) mass is 283 g/mol. The maximum atomic E-state index is 12.1. The van der Waals surface area contributed by atoms with Gasteiger partial charge in [0.1, 0.15) is 0 Å². The summed E-state index contributed by atoms with van der Waals surface area (Å²) in [6.07, 6.45) is 2.88. The number of aromatic nitrogens is 1. The van der Waals surface area contributed by atoms with Crippen LogP contribution in [0.4, 0.5) is 5.69 Å². The van der Waals surface area contributed by atoms with Crippen molar-refractivity contribution in [2.24, 2.45) is 0 Å². The predicted molar refractivity (Wildman–Crippen MR) is 81.2 cm³/mol. The fourth-order valence-corrected chi connectivity index (χ4v) is 1.76. The molecular formula is C16H17N3O2. The lowest BCUT2D eigenvalue weighted by molar-refractivity contribution is 0.0942. The highest BCUT2D eigenvalue weighted by atomic mass is 16.2. The minimum atomic E-state index is -0.298. The molecule has 0 radical (unpaired) electrons. The van der Waals surface area contributed by atoms with Crippen molar-refractivity contribution >= 4 is 17.5 Å². The van der Waals surface area contributed by atoms with Gasteiger partial charge in [-0.15, -0.1) is 0 Å². The lowest BCUT2D eigenvalue weighted by atomic mass is 10.1. The number of benzene rings is 1. The molecule has 5 nitrogen and oxygen atoms in total. The van der Waals surface area contributed by atoms with Gasteiger partial charge in [-0.1, -0.05) is 18.2 Å². The Morgan fingerprint density at radius 1 is 1.00 bits per heavy atom. The lowest BCUT2D eigenvalue weighted by Gasteiger charge is -2.09. The van der Waals surface area contributed by atoms with Crippen molar-refractivity contribution in [1.29, 1.82) is 0 Å². The third-order valence-corrected chi connectivity index (χ3v) is 2.71. The Hall–Kier alpha value is -2.69. The van der Waals surface area contributed by atoms with Crippen LogP contribution in [0, 0.1) is 0 Å². The van der Waals surface area contributed by atoms with Crippen LogP contribution >= 0.6 is 0 Å². The van der Waals surface area contributed by atoms with Gasteiger partial charge in [-0.25, -0.2) is 0 Å². The molecule has 108 valence electrons. The van der Waals surface area contributed by atoms with Gasteiger partial charge in [-0.05, 0) is 32.0 Å². The molecule has 0 aliphatic rings. The van der Waals surface area contributed by atoms with E-state index in [-0.39, 0.29) is 17.9 Å². The van der Waals surface area contributed by atoms with Crippen LogP contribution < -0.4 is 10.6 Å². The molecule has 2 aromatic rings. The highest BCUT2D eigenvalue weighted by molar-refractivity contribution is 6.05. The van der Waals surface area contributed by atoms with Crippen molar-refractivity contribution in [3.8, 4) is 0 Å². The molecule has 0 aliphatic carbocycles. The SMILES string of the molecule is CC(C)NC(=O)c1cncc(C(=O)Nc2ccccc2)c1. The van der Waals surface area contributed by atoms with Crippen LogP contribution in [0.15, 0.2) is 48.8 Å². The number of amides is 2. The molecule has 0 aliphatic heterocycles. The Morgan fingerprint density at radius 3 is 2.24 bits per heavy atom. The molecule has 0 atom stereocenters. The van der Waals surface area contributed by atoms with Gasteiger partial charge >= 0.3 is 0 Å². The van der Waals surface area contributed by atoms with Crippen LogP contribution in [0.25, 0.3) is 0 Å². The summed E-state index contributed by atoms with van der Waals surface area (Å²) >= 11 is 0. The number of nitrogens with zero attached hydrogens (tertiary/aromatic N) is 1. The average Bonchev–Trinajstić information content (AvgIpc) is 2.47. The zero-order valence-electron chi connectivity index (χ0n) is 12.0. The molecule has 0 bridgehead atoms. The third-order valence-electron chi connectivity index (χ3n) is 2.71. The van der Waals surface area contributed by atoms with Crippen LogP contribution in [0.5, 0.6) is 0 Å². The van der Waals surface area contributed by atoms with Gasteiger partial charge in [0.2, 0.25) is 0 Å². The third kappa shape index (κ3) is 4.14. The van der Waals surface area contributed by atoms with Crippen LogP contribution in [-0.2, 0) is 0 Å².